The standard InChI is InChI=1S/C22H26ClFN2O2/c1-3-4-13-25-22(28)16(2)26(15-18-10-6-8-12-20(18)24)21(27)14-17-9-5-7-11-19(17)23/h5-12,16H,3-4,13-15H2,1-2H3,(H,25,28). The van der Waals surface area contributed by atoms with E-state index in [4.69, 9.17) is 11.6 Å². The zero-order chi connectivity index (χ0) is 20.5. The normalized spacial score (nSPS) is 11.7. The largest absolute Gasteiger partial charge is 0.354 e. The Bertz CT molecular complexity index is 813. The van der Waals surface area contributed by atoms with E-state index >= 15 is 0 Å². The number of hydrogen-bond acceptors (Lipinski definition) is 2. The highest BCUT2D eigenvalue weighted by molar-refractivity contribution is 6.31. The van der Waals surface area contributed by atoms with Crippen LogP contribution >= 0.6 is 11.6 Å². The smallest absolute Gasteiger partial charge is 0.242 e. The van der Waals surface area contributed by atoms with E-state index in [1.54, 1.807) is 49.4 Å². The summed E-state index contributed by atoms with van der Waals surface area (Å²) in [5.74, 6) is -0.941. The van der Waals surface area contributed by atoms with Gasteiger partial charge in [0.25, 0.3) is 0 Å². The monoisotopic (exact) mass is 404 g/mol. The molecular formula is C22H26ClFN2O2. The summed E-state index contributed by atoms with van der Waals surface area (Å²) >= 11 is 6.18. The Labute approximate surface area is 170 Å². The SMILES string of the molecule is CCCCNC(=O)C(C)N(Cc1ccccc1F)C(=O)Cc1ccccc1Cl. The van der Waals surface area contributed by atoms with Crippen molar-refractivity contribution >= 4 is 23.4 Å². The Balaban J connectivity index is 2.22. The van der Waals surface area contributed by atoms with Crippen molar-refractivity contribution in [2.45, 2.75) is 45.7 Å². The molecule has 0 fully saturated rings. The molecule has 4 nitrogen and oxygen atoms in total. The van der Waals surface area contributed by atoms with Crippen molar-refractivity contribution in [1.29, 1.82) is 0 Å². The highest BCUT2D eigenvalue weighted by Crippen LogP contribution is 2.19. The van der Waals surface area contributed by atoms with Crippen LogP contribution in [0.15, 0.2) is 48.5 Å². The zero-order valence-corrected chi connectivity index (χ0v) is 17.0. The lowest BCUT2D eigenvalue weighted by Crippen LogP contribution is -2.48. The molecule has 0 aliphatic heterocycles. The van der Waals surface area contributed by atoms with Gasteiger partial charge in [-0.2, -0.15) is 0 Å². The van der Waals surface area contributed by atoms with Crippen molar-refractivity contribution in [3.63, 3.8) is 0 Å². The molecule has 0 saturated carbocycles. The van der Waals surface area contributed by atoms with Gasteiger partial charge in [-0.3, -0.25) is 9.59 Å². The maximum absolute atomic E-state index is 14.2. The molecular weight excluding hydrogens is 379 g/mol. The predicted molar refractivity (Wildman–Crippen MR) is 109 cm³/mol. The topological polar surface area (TPSA) is 49.4 Å². The average Bonchev–Trinajstić information content (AvgIpc) is 2.68. The number of unbranched alkanes of at least 4 members (excludes halogenated alkanes) is 1. The van der Waals surface area contributed by atoms with Crippen LogP contribution < -0.4 is 5.32 Å². The summed E-state index contributed by atoms with van der Waals surface area (Å²) in [6.45, 7) is 4.25. The van der Waals surface area contributed by atoms with E-state index in [1.807, 2.05) is 6.92 Å². The molecule has 2 aromatic carbocycles. The number of carbonyl (C=O) groups excluding carboxylic acids is 2. The van der Waals surface area contributed by atoms with Crippen LogP contribution in [0.1, 0.15) is 37.8 Å². The Morgan fingerprint density at radius 2 is 1.75 bits per heavy atom. The number of carbonyl (C=O) groups is 2. The molecule has 1 unspecified atom stereocenters. The molecule has 2 aromatic rings. The Hall–Kier alpha value is -2.40. The molecule has 0 aromatic heterocycles. The molecule has 0 aliphatic rings. The van der Waals surface area contributed by atoms with Gasteiger partial charge in [-0.25, -0.2) is 4.39 Å². The van der Waals surface area contributed by atoms with E-state index in [1.165, 1.54) is 11.0 Å². The molecule has 0 bridgehead atoms. The van der Waals surface area contributed by atoms with E-state index in [9.17, 15) is 14.0 Å². The van der Waals surface area contributed by atoms with Gasteiger partial charge in [0.1, 0.15) is 11.9 Å². The maximum Gasteiger partial charge on any atom is 0.242 e. The van der Waals surface area contributed by atoms with Crippen molar-refractivity contribution in [3.05, 3.63) is 70.5 Å². The summed E-state index contributed by atoms with van der Waals surface area (Å²) in [6, 6.07) is 12.6. The molecule has 2 amide bonds. The van der Waals surface area contributed by atoms with Crippen molar-refractivity contribution < 1.29 is 14.0 Å². The Morgan fingerprint density at radius 1 is 1.11 bits per heavy atom. The van der Waals surface area contributed by atoms with Crippen LogP contribution in [-0.4, -0.2) is 29.3 Å². The summed E-state index contributed by atoms with van der Waals surface area (Å²) in [4.78, 5) is 27.0. The summed E-state index contributed by atoms with van der Waals surface area (Å²) in [5, 5.41) is 3.33. The second-order valence-corrected chi connectivity index (χ2v) is 7.11. The van der Waals surface area contributed by atoms with Crippen molar-refractivity contribution in [3.8, 4) is 0 Å². The molecule has 0 aliphatic carbocycles. The van der Waals surface area contributed by atoms with E-state index < -0.39 is 11.9 Å². The van der Waals surface area contributed by atoms with Gasteiger partial charge in [0.05, 0.1) is 6.42 Å². The molecule has 1 N–H and O–H groups in total. The summed E-state index contributed by atoms with van der Waals surface area (Å²) in [7, 11) is 0. The van der Waals surface area contributed by atoms with Crippen molar-refractivity contribution in [2.75, 3.05) is 6.54 Å². The summed E-state index contributed by atoms with van der Waals surface area (Å²) in [6.07, 6.45) is 1.86. The maximum atomic E-state index is 14.2. The fraction of sp³-hybridized carbons (Fsp3) is 0.364. The molecule has 0 spiro atoms. The van der Waals surface area contributed by atoms with E-state index in [2.05, 4.69) is 5.32 Å². The summed E-state index contributed by atoms with van der Waals surface area (Å²) < 4.78 is 14.2. The fourth-order valence-corrected chi connectivity index (χ4v) is 3.04. The third kappa shape index (κ3) is 6.06. The molecule has 1 atom stereocenters. The number of halogens is 2. The molecule has 28 heavy (non-hydrogen) atoms. The molecule has 2 rings (SSSR count). The van der Waals surface area contributed by atoms with E-state index in [0.29, 0.717) is 22.7 Å². The van der Waals surface area contributed by atoms with Gasteiger partial charge < -0.3 is 10.2 Å². The minimum absolute atomic E-state index is 0.0122. The first-order chi connectivity index (χ1) is 13.4. The second-order valence-electron chi connectivity index (χ2n) is 6.70. The van der Waals surface area contributed by atoms with Crippen LogP contribution in [0.25, 0.3) is 0 Å². The van der Waals surface area contributed by atoms with Crippen LogP contribution in [0, 0.1) is 5.82 Å². The molecule has 0 radical (unpaired) electrons. The molecule has 150 valence electrons. The van der Waals surface area contributed by atoms with Crippen LogP contribution in [-0.2, 0) is 22.6 Å². The average molecular weight is 405 g/mol. The minimum atomic E-state index is -0.730. The first kappa shape index (κ1) is 21.9. The van der Waals surface area contributed by atoms with Crippen molar-refractivity contribution in [1.82, 2.24) is 10.2 Å². The first-order valence-corrected chi connectivity index (χ1v) is 9.85. The van der Waals surface area contributed by atoms with E-state index in [0.717, 1.165) is 12.8 Å². The predicted octanol–water partition coefficient (Wildman–Crippen LogP) is 4.36. The van der Waals surface area contributed by atoms with E-state index in [-0.39, 0.29) is 24.8 Å². The van der Waals surface area contributed by atoms with Gasteiger partial charge in [-0.1, -0.05) is 61.3 Å². The molecule has 0 saturated heterocycles. The third-order valence-corrected chi connectivity index (χ3v) is 4.96. The number of amides is 2. The quantitative estimate of drug-likeness (QED) is 0.631. The lowest BCUT2D eigenvalue weighted by Gasteiger charge is -2.29. The van der Waals surface area contributed by atoms with Gasteiger partial charge in [0.2, 0.25) is 11.8 Å². The zero-order valence-electron chi connectivity index (χ0n) is 16.3. The molecule has 0 heterocycles. The van der Waals surface area contributed by atoms with Gasteiger partial charge >= 0.3 is 0 Å². The van der Waals surface area contributed by atoms with Gasteiger partial charge in [-0.05, 0) is 31.0 Å². The van der Waals surface area contributed by atoms with Gasteiger partial charge in [-0.15, -0.1) is 0 Å². The molecule has 6 heteroatoms. The van der Waals surface area contributed by atoms with Crippen LogP contribution in [0.2, 0.25) is 5.02 Å². The minimum Gasteiger partial charge on any atom is -0.354 e. The van der Waals surface area contributed by atoms with Crippen LogP contribution in [0.4, 0.5) is 4.39 Å². The lowest BCUT2D eigenvalue weighted by atomic mass is 10.1. The Morgan fingerprint density at radius 3 is 2.39 bits per heavy atom. The van der Waals surface area contributed by atoms with Gasteiger partial charge in [0, 0.05) is 23.7 Å². The highest BCUT2D eigenvalue weighted by atomic mass is 35.5. The number of benzene rings is 2. The Kier molecular flexibility index (Phi) is 8.45. The van der Waals surface area contributed by atoms with Crippen LogP contribution in [0.5, 0.6) is 0 Å². The summed E-state index contributed by atoms with van der Waals surface area (Å²) in [5.41, 5.74) is 1.04. The van der Waals surface area contributed by atoms with Gasteiger partial charge in [0.15, 0.2) is 0 Å². The van der Waals surface area contributed by atoms with Crippen LogP contribution in [0.3, 0.4) is 0 Å². The number of hydrogen-bond donors (Lipinski definition) is 1. The number of nitrogens with zero attached hydrogens (tertiary/aromatic N) is 1. The number of nitrogens with one attached hydrogen (secondary N) is 1. The highest BCUT2D eigenvalue weighted by Gasteiger charge is 2.27. The first-order valence-electron chi connectivity index (χ1n) is 9.48. The fourth-order valence-electron chi connectivity index (χ4n) is 2.84. The third-order valence-electron chi connectivity index (χ3n) is 4.59. The number of rotatable bonds is 9. The lowest BCUT2D eigenvalue weighted by molar-refractivity contribution is -0.140. The second kappa shape index (κ2) is 10.8. The van der Waals surface area contributed by atoms with Crippen molar-refractivity contribution in [2.24, 2.45) is 0 Å².